The average molecular weight is 175 g/mol. The number of hydrogen-bond acceptors (Lipinski definition) is 2. The fourth-order valence-electron chi connectivity index (χ4n) is 1.50. The molecule has 0 saturated heterocycles. The summed E-state index contributed by atoms with van der Waals surface area (Å²) in [6.07, 6.45) is 0. The minimum atomic E-state index is -0.143. The van der Waals surface area contributed by atoms with Crippen molar-refractivity contribution < 1.29 is 5.11 Å². The first kappa shape index (κ1) is 7.86. The number of aromatic hydroxyl groups is 1. The number of nitrogens with one attached hydrogen (secondary N) is 1. The second kappa shape index (κ2) is 2.62. The van der Waals surface area contributed by atoms with Crippen LogP contribution in [0.3, 0.4) is 0 Å². The summed E-state index contributed by atoms with van der Waals surface area (Å²) in [5.74, 6) is 0.200. The van der Waals surface area contributed by atoms with E-state index in [1.165, 1.54) is 6.07 Å². The van der Waals surface area contributed by atoms with E-state index in [1.807, 2.05) is 0 Å². The van der Waals surface area contributed by atoms with Crippen molar-refractivity contribution in [3.63, 3.8) is 0 Å². The van der Waals surface area contributed by atoms with Crippen molar-refractivity contribution in [3.05, 3.63) is 40.2 Å². The predicted molar refractivity (Wildman–Crippen MR) is 51.0 cm³/mol. The number of hydrogen-bond donors (Lipinski definition) is 2. The van der Waals surface area contributed by atoms with Gasteiger partial charge in [-0.3, -0.25) is 4.79 Å². The Bertz CT molecular complexity index is 514. The number of benzene rings is 1. The molecule has 0 spiro atoms. The number of phenols is 1. The highest BCUT2D eigenvalue weighted by Crippen LogP contribution is 2.24. The summed E-state index contributed by atoms with van der Waals surface area (Å²) in [6, 6.07) is 6.55. The number of H-pyrrole nitrogens is 1. The highest BCUT2D eigenvalue weighted by Gasteiger charge is 2.02. The van der Waals surface area contributed by atoms with E-state index in [0.29, 0.717) is 10.9 Å². The topological polar surface area (TPSA) is 53.1 Å². The molecule has 1 aromatic carbocycles. The summed E-state index contributed by atoms with van der Waals surface area (Å²) < 4.78 is 0. The lowest BCUT2D eigenvalue weighted by molar-refractivity contribution is 0.481. The smallest absolute Gasteiger partial charge is 0.248 e. The fourth-order valence-corrected chi connectivity index (χ4v) is 1.50. The molecule has 0 radical (unpaired) electrons. The Labute approximate surface area is 74.7 Å². The Hall–Kier alpha value is -1.77. The molecule has 0 aliphatic heterocycles. The summed E-state index contributed by atoms with van der Waals surface area (Å²) >= 11 is 0. The Morgan fingerprint density at radius 1 is 1.38 bits per heavy atom. The molecule has 0 bridgehead atoms. The molecule has 13 heavy (non-hydrogen) atoms. The minimum Gasteiger partial charge on any atom is -0.507 e. The van der Waals surface area contributed by atoms with Gasteiger partial charge in [0.15, 0.2) is 0 Å². The van der Waals surface area contributed by atoms with Gasteiger partial charge in [0, 0.05) is 11.5 Å². The molecule has 1 aromatic heterocycles. The van der Waals surface area contributed by atoms with Gasteiger partial charge in [0.2, 0.25) is 5.56 Å². The van der Waals surface area contributed by atoms with Gasteiger partial charge in [0.1, 0.15) is 5.75 Å². The lowest BCUT2D eigenvalue weighted by atomic mass is 10.1. The molecule has 3 heteroatoms. The number of aromatic nitrogens is 1. The Kier molecular flexibility index (Phi) is 1.59. The summed E-state index contributed by atoms with van der Waals surface area (Å²) in [5.41, 5.74) is 1.32. The number of pyridine rings is 1. The molecule has 0 amide bonds. The van der Waals surface area contributed by atoms with Crippen LogP contribution >= 0.6 is 0 Å². The van der Waals surface area contributed by atoms with Crippen LogP contribution in [0.5, 0.6) is 5.75 Å². The highest BCUT2D eigenvalue weighted by atomic mass is 16.3. The van der Waals surface area contributed by atoms with Crippen LogP contribution in [0.15, 0.2) is 29.1 Å². The van der Waals surface area contributed by atoms with Crippen LogP contribution in [-0.4, -0.2) is 10.1 Å². The van der Waals surface area contributed by atoms with E-state index in [-0.39, 0.29) is 11.3 Å². The van der Waals surface area contributed by atoms with E-state index in [1.54, 1.807) is 25.1 Å². The standard InChI is InChI=1S/C10H9NO2/c1-6-5-9(13)11-7-3-2-4-8(12)10(6)7/h2-5,12H,1H3,(H,11,13). The van der Waals surface area contributed by atoms with Crippen LogP contribution < -0.4 is 5.56 Å². The first-order valence-electron chi connectivity index (χ1n) is 4.00. The van der Waals surface area contributed by atoms with Crippen molar-refractivity contribution in [3.8, 4) is 5.75 Å². The maximum Gasteiger partial charge on any atom is 0.248 e. The third-order valence-electron chi connectivity index (χ3n) is 2.04. The number of rotatable bonds is 0. The van der Waals surface area contributed by atoms with Gasteiger partial charge in [-0.1, -0.05) is 6.07 Å². The van der Waals surface area contributed by atoms with Gasteiger partial charge in [0.25, 0.3) is 0 Å². The lowest BCUT2D eigenvalue weighted by Crippen LogP contribution is -2.04. The molecule has 66 valence electrons. The molecule has 2 aromatic rings. The van der Waals surface area contributed by atoms with E-state index in [0.717, 1.165) is 5.56 Å². The van der Waals surface area contributed by atoms with Gasteiger partial charge in [0.05, 0.1) is 5.52 Å². The molecule has 0 unspecified atom stereocenters. The SMILES string of the molecule is Cc1cc(=O)[nH]c2cccc(O)c12. The summed E-state index contributed by atoms with van der Waals surface area (Å²) in [4.78, 5) is 13.7. The number of phenolic OH excluding ortho intramolecular Hbond substituents is 1. The summed E-state index contributed by atoms with van der Waals surface area (Å²) in [6.45, 7) is 1.80. The third-order valence-corrected chi connectivity index (χ3v) is 2.04. The predicted octanol–water partition coefficient (Wildman–Crippen LogP) is 1.54. The Morgan fingerprint density at radius 2 is 2.15 bits per heavy atom. The molecule has 2 N–H and O–H groups in total. The number of fused-ring (bicyclic) bond motifs is 1. The fraction of sp³-hybridized carbons (Fsp3) is 0.100. The Morgan fingerprint density at radius 3 is 2.92 bits per heavy atom. The van der Waals surface area contributed by atoms with Crippen molar-refractivity contribution in [2.75, 3.05) is 0 Å². The Balaban J connectivity index is 3.03. The molecular formula is C10H9NO2. The lowest BCUT2D eigenvalue weighted by Gasteiger charge is -2.02. The molecule has 2 rings (SSSR count). The van der Waals surface area contributed by atoms with E-state index < -0.39 is 0 Å². The number of aromatic amines is 1. The molecule has 0 aliphatic carbocycles. The van der Waals surface area contributed by atoms with Gasteiger partial charge >= 0.3 is 0 Å². The molecule has 0 fully saturated rings. The summed E-state index contributed by atoms with van der Waals surface area (Å²) in [5, 5.41) is 10.2. The van der Waals surface area contributed by atoms with Gasteiger partial charge < -0.3 is 10.1 Å². The van der Waals surface area contributed by atoms with Crippen LogP contribution in [0.2, 0.25) is 0 Å². The maximum atomic E-state index is 11.1. The first-order chi connectivity index (χ1) is 6.18. The number of aryl methyl sites for hydroxylation is 1. The summed E-state index contributed by atoms with van der Waals surface area (Å²) in [7, 11) is 0. The minimum absolute atomic E-state index is 0.143. The van der Waals surface area contributed by atoms with Crippen LogP contribution in [0.4, 0.5) is 0 Å². The van der Waals surface area contributed by atoms with Crippen molar-refractivity contribution in [1.82, 2.24) is 4.98 Å². The molecular weight excluding hydrogens is 166 g/mol. The highest BCUT2D eigenvalue weighted by molar-refractivity contribution is 5.87. The zero-order valence-corrected chi connectivity index (χ0v) is 7.16. The normalized spacial score (nSPS) is 10.5. The molecule has 1 heterocycles. The molecule has 0 saturated carbocycles. The quantitative estimate of drug-likeness (QED) is 0.638. The van der Waals surface area contributed by atoms with Crippen molar-refractivity contribution in [1.29, 1.82) is 0 Å². The largest absolute Gasteiger partial charge is 0.507 e. The van der Waals surface area contributed by atoms with Gasteiger partial charge in [-0.05, 0) is 24.6 Å². The first-order valence-corrected chi connectivity index (χ1v) is 4.00. The van der Waals surface area contributed by atoms with Crippen LogP contribution in [0.1, 0.15) is 5.56 Å². The molecule has 0 atom stereocenters. The second-order valence-corrected chi connectivity index (χ2v) is 3.02. The van der Waals surface area contributed by atoms with Gasteiger partial charge in [-0.25, -0.2) is 0 Å². The van der Waals surface area contributed by atoms with Crippen LogP contribution in [-0.2, 0) is 0 Å². The zero-order chi connectivity index (χ0) is 9.42. The van der Waals surface area contributed by atoms with Crippen molar-refractivity contribution in [2.45, 2.75) is 6.92 Å². The van der Waals surface area contributed by atoms with Gasteiger partial charge in [-0.2, -0.15) is 0 Å². The van der Waals surface area contributed by atoms with E-state index in [2.05, 4.69) is 4.98 Å². The van der Waals surface area contributed by atoms with E-state index in [4.69, 9.17) is 0 Å². The monoisotopic (exact) mass is 175 g/mol. The second-order valence-electron chi connectivity index (χ2n) is 3.02. The van der Waals surface area contributed by atoms with Gasteiger partial charge in [-0.15, -0.1) is 0 Å². The van der Waals surface area contributed by atoms with Crippen LogP contribution in [0.25, 0.3) is 10.9 Å². The van der Waals surface area contributed by atoms with E-state index in [9.17, 15) is 9.90 Å². The average Bonchev–Trinajstić information content (AvgIpc) is 2.02. The van der Waals surface area contributed by atoms with Crippen LogP contribution in [0, 0.1) is 6.92 Å². The molecule has 0 aliphatic rings. The van der Waals surface area contributed by atoms with Crippen molar-refractivity contribution in [2.24, 2.45) is 0 Å². The maximum absolute atomic E-state index is 11.1. The molecule has 3 nitrogen and oxygen atoms in total. The van der Waals surface area contributed by atoms with E-state index >= 15 is 0 Å². The zero-order valence-electron chi connectivity index (χ0n) is 7.16. The van der Waals surface area contributed by atoms with Crippen molar-refractivity contribution >= 4 is 10.9 Å². The third kappa shape index (κ3) is 1.18.